The lowest BCUT2D eigenvalue weighted by atomic mass is 10.1. The van der Waals surface area contributed by atoms with Crippen LogP contribution in [0.25, 0.3) is 10.8 Å². The van der Waals surface area contributed by atoms with Crippen LogP contribution in [-0.4, -0.2) is 17.1 Å². The molecule has 0 saturated carbocycles. The molecule has 0 spiro atoms. The third-order valence-electron chi connectivity index (χ3n) is 3.44. The number of nitrogens with zero attached hydrogens (tertiary/aromatic N) is 2. The fourth-order valence-electron chi connectivity index (χ4n) is 2.31. The molecule has 1 aromatic carbocycles. The smallest absolute Gasteiger partial charge is 0.134 e. The van der Waals surface area contributed by atoms with Gasteiger partial charge in [-0.05, 0) is 36.1 Å². The quantitative estimate of drug-likeness (QED) is 0.764. The third kappa shape index (κ3) is 2.83. The van der Waals surface area contributed by atoms with Gasteiger partial charge in [-0.2, -0.15) is 0 Å². The molecular formula is C16H17N3OS. The van der Waals surface area contributed by atoms with Crippen LogP contribution in [0.15, 0.2) is 42.0 Å². The first kappa shape index (κ1) is 13.8. The summed E-state index contributed by atoms with van der Waals surface area (Å²) < 4.78 is 5.27. The monoisotopic (exact) mass is 299 g/mol. The summed E-state index contributed by atoms with van der Waals surface area (Å²) in [5.74, 6) is 1.74. The molecule has 0 aliphatic rings. The van der Waals surface area contributed by atoms with Gasteiger partial charge in [0.2, 0.25) is 0 Å². The Balaban J connectivity index is 1.96. The largest absolute Gasteiger partial charge is 0.497 e. The van der Waals surface area contributed by atoms with Gasteiger partial charge in [0.1, 0.15) is 16.6 Å². The van der Waals surface area contributed by atoms with Crippen LogP contribution in [0.1, 0.15) is 24.4 Å². The van der Waals surface area contributed by atoms with Crippen LogP contribution in [0.4, 0.5) is 5.82 Å². The zero-order chi connectivity index (χ0) is 14.7. The fraction of sp³-hybridized carbons (Fsp3) is 0.250. The highest BCUT2D eigenvalue weighted by molar-refractivity contribution is 7.09. The predicted octanol–water partition coefficient (Wildman–Crippen LogP) is 4.26. The lowest BCUT2D eigenvalue weighted by molar-refractivity contribution is 0.415. The van der Waals surface area contributed by atoms with Crippen molar-refractivity contribution in [3.05, 3.63) is 47.0 Å². The van der Waals surface area contributed by atoms with Crippen molar-refractivity contribution in [3.63, 3.8) is 0 Å². The second-order valence-electron chi connectivity index (χ2n) is 4.72. The predicted molar refractivity (Wildman–Crippen MR) is 87.1 cm³/mol. The van der Waals surface area contributed by atoms with E-state index < -0.39 is 0 Å². The maximum absolute atomic E-state index is 5.27. The van der Waals surface area contributed by atoms with Crippen LogP contribution in [0.5, 0.6) is 5.75 Å². The summed E-state index contributed by atoms with van der Waals surface area (Å²) in [4.78, 5) is 8.88. The molecule has 0 aliphatic heterocycles. The molecule has 0 fully saturated rings. The zero-order valence-electron chi connectivity index (χ0n) is 12.0. The number of thiazole rings is 1. The van der Waals surface area contributed by atoms with Crippen molar-refractivity contribution in [3.8, 4) is 5.75 Å². The van der Waals surface area contributed by atoms with E-state index in [4.69, 9.17) is 4.74 Å². The molecule has 0 radical (unpaired) electrons. The molecule has 0 bridgehead atoms. The molecule has 0 aliphatic carbocycles. The van der Waals surface area contributed by atoms with E-state index in [1.54, 1.807) is 18.4 Å². The molecule has 3 aromatic rings. The van der Waals surface area contributed by atoms with Crippen LogP contribution in [0.3, 0.4) is 0 Å². The summed E-state index contributed by atoms with van der Waals surface area (Å²) in [6.07, 6.45) is 4.62. The molecule has 0 saturated heterocycles. The van der Waals surface area contributed by atoms with Gasteiger partial charge in [-0.15, -0.1) is 11.3 Å². The van der Waals surface area contributed by atoms with E-state index in [1.807, 2.05) is 42.0 Å². The Morgan fingerprint density at radius 2 is 2.14 bits per heavy atom. The number of fused-ring (bicyclic) bond motifs is 1. The normalized spacial score (nSPS) is 12.3. The van der Waals surface area contributed by atoms with Gasteiger partial charge in [0, 0.05) is 23.2 Å². The number of nitrogens with one attached hydrogen (secondary N) is 1. The zero-order valence-corrected chi connectivity index (χ0v) is 12.9. The lowest BCUT2D eigenvalue weighted by Crippen LogP contribution is -2.10. The Hall–Kier alpha value is -2.14. The highest BCUT2D eigenvalue weighted by Crippen LogP contribution is 2.29. The molecule has 1 unspecified atom stereocenters. The summed E-state index contributed by atoms with van der Waals surface area (Å²) in [5, 5.41) is 8.80. The Morgan fingerprint density at radius 3 is 2.86 bits per heavy atom. The van der Waals surface area contributed by atoms with Crippen molar-refractivity contribution in [2.24, 2.45) is 0 Å². The minimum Gasteiger partial charge on any atom is -0.497 e. The first-order valence-corrected chi connectivity index (χ1v) is 7.78. The molecule has 2 heterocycles. The van der Waals surface area contributed by atoms with E-state index in [0.717, 1.165) is 33.8 Å². The summed E-state index contributed by atoms with van der Waals surface area (Å²) in [5.41, 5.74) is 0. The fourth-order valence-corrected chi connectivity index (χ4v) is 3.08. The maximum atomic E-state index is 5.27. The molecule has 2 aromatic heterocycles. The van der Waals surface area contributed by atoms with Crippen LogP contribution in [0, 0.1) is 0 Å². The van der Waals surface area contributed by atoms with Crippen molar-refractivity contribution in [2.45, 2.75) is 19.4 Å². The third-order valence-corrected chi connectivity index (χ3v) is 4.33. The maximum Gasteiger partial charge on any atom is 0.134 e. The van der Waals surface area contributed by atoms with Crippen molar-refractivity contribution < 1.29 is 4.74 Å². The van der Waals surface area contributed by atoms with Gasteiger partial charge >= 0.3 is 0 Å². The Morgan fingerprint density at radius 1 is 1.24 bits per heavy atom. The molecule has 0 amide bonds. The van der Waals surface area contributed by atoms with E-state index in [2.05, 4.69) is 22.2 Å². The average Bonchev–Trinajstić information content (AvgIpc) is 3.06. The van der Waals surface area contributed by atoms with E-state index in [-0.39, 0.29) is 6.04 Å². The van der Waals surface area contributed by atoms with Crippen molar-refractivity contribution in [1.29, 1.82) is 0 Å². The van der Waals surface area contributed by atoms with Gasteiger partial charge in [-0.25, -0.2) is 9.97 Å². The van der Waals surface area contributed by atoms with Crippen molar-refractivity contribution in [2.75, 3.05) is 12.4 Å². The number of hydrogen-bond donors (Lipinski definition) is 1. The summed E-state index contributed by atoms with van der Waals surface area (Å²) in [7, 11) is 1.68. The first-order chi connectivity index (χ1) is 10.3. The molecular weight excluding hydrogens is 282 g/mol. The molecule has 4 nitrogen and oxygen atoms in total. The molecule has 3 rings (SSSR count). The highest BCUT2D eigenvalue weighted by atomic mass is 32.1. The van der Waals surface area contributed by atoms with Crippen LogP contribution in [-0.2, 0) is 0 Å². The lowest BCUT2D eigenvalue weighted by Gasteiger charge is -2.16. The number of benzene rings is 1. The van der Waals surface area contributed by atoms with Crippen molar-refractivity contribution >= 4 is 27.9 Å². The average molecular weight is 299 g/mol. The van der Waals surface area contributed by atoms with E-state index in [0.29, 0.717) is 0 Å². The number of anilines is 1. The molecule has 5 heteroatoms. The van der Waals surface area contributed by atoms with Gasteiger partial charge < -0.3 is 10.1 Å². The van der Waals surface area contributed by atoms with Gasteiger partial charge in [0.15, 0.2) is 0 Å². The van der Waals surface area contributed by atoms with Crippen LogP contribution in [0.2, 0.25) is 0 Å². The second kappa shape index (κ2) is 6.10. The Bertz CT molecular complexity index is 727. The number of methoxy groups -OCH3 is 1. The minimum absolute atomic E-state index is 0.185. The number of pyridine rings is 1. The SMILES string of the molecule is CCC(Nc1nccc2cc(OC)ccc12)c1nccs1. The van der Waals surface area contributed by atoms with E-state index >= 15 is 0 Å². The molecule has 1 N–H and O–H groups in total. The Kier molecular flexibility index (Phi) is 4.01. The summed E-state index contributed by atoms with van der Waals surface area (Å²) >= 11 is 1.66. The van der Waals surface area contributed by atoms with E-state index in [9.17, 15) is 0 Å². The topological polar surface area (TPSA) is 47.0 Å². The van der Waals surface area contributed by atoms with Crippen LogP contribution >= 0.6 is 11.3 Å². The minimum atomic E-state index is 0.185. The van der Waals surface area contributed by atoms with Gasteiger partial charge in [0.05, 0.1) is 13.2 Å². The summed E-state index contributed by atoms with van der Waals surface area (Å²) in [6, 6.07) is 8.20. The number of rotatable bonds is 5. The van der Waals surface area contributed by atoms with Crippen LogP contribution < -0.4 is 10.1 Å². The second-order valence-corrected chi connectivity index (χ2v) is 5.65. The number of hydrogen-bond acceptors (Lipinski definition) is 5. The molecule has 1 atom stereocenters. The summed E-state index contributed by atoms with van der Waals surface area (Å²) in [6.45, 7) is 2.15. The molecule has 21 heavy (non-hydrogen) atoms. The van der Waals surface area contributed by atoms with Crippen molar-refractivity contribution in [1.82, 2.24) is 9.97 Å². The Labute approximate surface area is 127 Å². The van der Waals surface area contributed by atoms with Gasteiger partial charge in [-0.1, -0.05) is 6.92 Å². The molecule has 108 valence electrons. The van der Waals surface area contributed by atoms with Gasteiger partial charge in [0.25, 0.3) is 0 Å². The number of ether oxygens (including phenoxy) is 1. The highest BCUT2D eigenvalue weighted by Gasteiger charge is 2.14. The number of aromatic nitrogens is 2. The van der Waals surface area contributed by atoms with E-state index in [1.165, 1.54) is 0 Å². The first-order valence-electron chi connectivity index (χ1n) is 6.90. The standard InChI is InChI=1S/C16H17N3OS/c1-3-14(16-18-8-9-21-16)19-15-13-5-4-12(20-2)10-11(13)6-7-17-15/h4-10,14H,3H2,1-2H3,(H,17,19). The van der Waals surface area contributed by atoms with Gasteiger partial charge in [-0.3, -0.25) is 0 Å².